The quantitative estimate of drug-likeness (QED) is 0.153. The van der Waals surface area contributed by atoms with Crippen LogP contribution in [0, 0.1) is 0 Å². The van der Waals surface area contributed by atoms with Crippen molar-refractivity contribution in [2.75, 3.05) is 5.32 Å². The molecule has 284 valence electrons. The molecule has 0 atom stereocenters. The minimum atomic E-state index is 1.05. The lowest BCUT2D eigenvalue weighted by atomic mass is 9.89. The van der Waals surface area contributed by atoms with Crippen LogP contribution in [0.15, 0.2) is 241 Å². The smallest absolute Gasteiger partial charge is 0.0384 e. The highest BCUT2D eigenvalue weighted by Crippen LogP contribution is 2.39. The van der Waals surface area contributed by atoms with Crippen molar-refractivity contribution in [1.29, 1.82) is 0 Å². The summed E-state index contributed by atoms with van der Waals surface area (Å²) in [5.41, 5.74) is 18.9. The van der Waals surface area contributed by atoms with E-state index in [1.807, 2.05) is 0 Å². The average molecular weight is 831 g/mol. The molecule has 1 nitrogen and oxygen atoms in total. The molecule has 0 spiro atoms. The van der Waals surface area contributed by atoms with Gasteiger partial charge in [0.25, 0.3) is 0 Å². The summed E-state index contributed by atoms with van der Waals surface area (Å²) in [6, 6.07) is 85.3. The minimum Gasteiger partial charge on any atom is -0.356 e. The van der Waals surface area contributed by atoms with Gasteiger partial charge in [-0.2, -0.15) is 0 Å². The average Bonchev–Trinajstić information content (AvgIpc) is 3.32. The molecule has 0 saturated carbocycles. The van der Waals surface area contributed by atoms with E-state index in [4.69, 9.17) is 0 Å². The topological polar surface area (TPSA) is 12.0 Å². The molecule has 10 aromatic carbocycles. The Balaban J connectivity index is 0.956. The number of nitrogens with one attached hydrogen (secondary N) is 1. The van der Waals surface area contributed by atoms with Gasteiger partial charge in [-0.25, -0.2) is 0 Å². The molecule has 0 bridgehead atoms. The number of hydrogen-bond donors (Lipinski definition) is 1. The third-order valence-corrected chi connectivity index (χ3v) is 11.9. The van der Waals surface area contributed by atoms with Crippen LogP contribution < -0.4 is 5.32 Å². The van der Waals surface area contributed by atoms with Crippen LogP contribution in [0.5, 0.6) is 0 Å². The number of halogens is 1. The summed E-state index contributed by atoms with van der Waals surface area (Å²) in [5, 5.41) is 6.09. The summed E-state index contributed by atoms with van der Waals surface area (Å²) in [6.45, 7) is 0. The van der Waals surface area contributed by atoms with E-state index < -0.39 is 0 Å². The molecular weight excluding hydrogens is 791 g/mol. The largest absolute Gasteiger partial charge is 0.356 e. The van der Waals surface area contributed by atoms with Gasteiger partial charge in [-0.3, -0.25) is 0 Å². The van der Waals surface area contributed by atoms with Gasteiger partial charge < -0.3 is 5.32 Å². The van der Waals surface area contributed by atoms with E-state index in [1.54, 1.807) is 0 Å². The molecule has 0 saturated heterocycles. The Hall–Kier alpha value is -7.26. The highest BCUT2D eigenvalue weighted by atomic mass is 79.9. The minimum absolute atomic E-state index is 1.05. The zero-order chi connectivity index (χ0) is 40.3. The molecule has 0 aliphatic heterocycles. The molecule has 0 fully saturated rings. The van der Waals surface area contributed by atoms with Gasteiger partial charge in [-0.15, -0.1) is 0 Å². The second-order valence-electron chi connectivity index (χ2n) is 15.2. The first-order chi connectivity index (χ1) is 29.6. The normalized spacial score (nSPS) is 11.1. The molecule has 60 heavy (non-hydrogen) atoms. The predicted molar refractivity (Wildman–Crippen MR) is 259 cm³/mol. The van der Waals surface area contributed by atoms with Crippen molar-refractivity contribution >= 4 is 38.1 Å². The summed E-state index contributed by atoms with van der Waals surface area (Å²) in [7, 11) is 0. The summed E-state index contributed by atoms with van der Waals surface area (Å²) >= 11 is 3.60. The molecule has 0 amide bonds. The van der Waals surface area contributed by atoms with Gasteiger partial charge in [-0.05, 0) is 149 Å². The van der Waals surface area contributed by atoms with E-state index in [2.05, 4.69) is 258 Å². The zero-order valence-corrected chi connectivity index (χ0v) is 34.5. The second-order valence-corrected chi connectivity index (χ2v) is 16.1. The Morgan fingerprint density at radius 2 is 0.683 bits per heavy atom. The number of anilines is 2. The first kappa shape index (κ1) is 37.0. The van der Waals surface area contributed by atoms with Gasteiger partial charge in [-0.1, -0.05) is 192 Å². The van der Waals surface area contributed by atoms with Crippen molar-refractivity contribution in [1.82, 2.24) is 0 Å². The van der Waals surface area contributed by atoms with E-state index in [9.17, 15) is 0 Å². The van der Waals surface area contributed by atoms with Gasteiger partial charge >= 0.3 is 0 Å². The van der Waals surface area contributed by atoms with E-state index >= 15 is 0 Å². The number of hydrogen-bond acceptors (Lipinski definition) is 1. The maximum Gasteiger partial charge on any atom is 0.0384 e. The molecule has 0 aliphatic rings. The second kappa shape index (κ2) is 16.5. The third kappa shape index (κ3) is 7.82. The fourth-order valence-electron chi connectivity index (χ4n) is 8.19. The van der Waals surface area contributed by atoms with Crippen molar-refractivity contribution in [2.24, 2.45) is 0 Å². The summed E-state index contributed by atoms with van der Waals surface area (Å²) in [4.78, 5) is 0. The Morgan fingerprint density at radius 1 is 0.250 bits per heavy atom. The molecule has 10 aromatic rings. The lowest BCUT2D eigenvalue weighted by molar-refractivity contribution is 1.52. The molecule has 0 radical (unpaired) electrons. The van der Waals surface area contributed by atoms with Crippen LogP contribution in [-0.4, -0.2) is 0 Å². The Kier molecular flexibility index (Phi) is 10.2. The molecule has 0 unspecified atom stereocenters. The molecule has 0 heterocycles. The fourth-order valence-corrected chi connectivity index (χ4v) is 8.45. The van der Waals surface area contributed by atoms with Crippen LogP contribution in [0.4, 0.5) is 11.4 Å². The number of fused-ring (bicyclic) bond motifs is 1. The molecule has 0 aromatic heterocycles. The first-order valence-electron chi connectivity index (χ1n) is 20.3. The molecular formula is C58H40BrN. The number of benzene rings is 10. The molecule has 10 rings (SSSR count). The van der Waals surface area contributed by atoms with Crippen molar-refractivity contribution in [3.05, 3.63) is 241 Å². The number of rotatable bonds is 9. The Morgan fingerprint density at radius 3 is 1.37 bits per heavy atom. The van der Waals surface area contributed by atoms with Crippen LogP contribution in [0.1, 0.15) is 0 Å². The van der Waals surface area contributed by atoms with Crippen LogP contribution in [0.2, 0.25) is 0 Å². The lowest BCUT2D eigenvalue weighted by Gasteiger charge is -2.15. The van der Waals surface area contributed by atoms with Crippen LogP contribution in [0.25, 0.3) is 88.7 Å². The summed E-state index contributed by atoms with van der Waals surface area (Å²) < 4.78 is 1.08. The van der Waals surface area contributed by atoms with Crippen molar-refractivity contribution in [3.8, 4) is 77.9 Å². The summed E-state index contributed by atoms with van der Waals surface area (Å²) in [6.07, 6.45) is 0. The highest BCUT2D eigenvalue weighted by Gasteiger charge is 2.13. The Bertz CT molecular complexity index is 3060. The molecule has 0 aliphatic carbocycles. The Labute approximate surface area is 360 Å². The molecule has 2 heteroatoms. The van der Waals surface area contributed by atoms with Crippen molar-refractivity contribution in [3.63, 3.8) is 0 Å². The first-order valence-corrected chi connectivity index (χ1v) is 21.1. The van der Waals surface area contributed by atoms with Crippen LogP contribution >= 0.6 is 15.9 Å². The van der Waals surface area contributed by atoms with Crippen LogP contribution in [0.3, 0.4) is 0 Å². The van der Waals surface area contributed by atoms with E-state index in [0.29, 0.717) is 0 Å². The van der Waals surface area contributed by atoms with Gasteiger partial charge in [0.2, 0.25) is 0 Å². The van der Waals surface area contributed by atoms with Gasteiger partial charge in [0.1, 0.15) is 0 Å². The van der Waals surface area contributed by atoms with Crippen LogP contribution in [-0.2, 0) is 0 Å². The fraction of sp³-hybridized carbons (Fsp3) is 0. The van der Waals surface area contributed by atoms with Gasteiger partial charge in [0.05, 0.1) is 0 Å². The zero-order valence-electron chi connectivity index (χ0n) is 32.9. The van der Waals surface area contributed by atoms with E-state index in [-0.39, 0.29) is 0 Å². The third-order valence-electron chi connectivity index (χ3n) is 11.3. The lowest BCUT2D eigenvalue weighted by Crippen LogP contribution is -1.92. The molecule has 1 N–H and O–H groups in total. The van der Waals surface area contributed by atoms with Crippen molar-refractivity contribution < 1.29 is 0 Å². The van der Waals surface area contributed by atoms with Gasteiger partial charge in [0, 0.05) is 15.8 Å². The highest BCUT2D eigenvalue weighted by molar-refractivity contribution is 9.10. The predicted octanol–water partition coefficient (Wildman–Crippen LogP) is 17.0. The maximum atomic E-state index is 3.60. The van der Waals surface area contributed by atoms with E-state index in [0.717, 1.165) is 15.8 Å². The standard InChI is InChI=1S/C58H40BrN/c59-52-29-22-45(23-30-52)58-39-51(37-49-14-7-8-17-55(49)58)44-20-18-43(19-21-44)47-15-9-16-50(36-47)56-35-28-48(41-12-5-2-6-13-41)38-57(56)46-26-33-54(34-27-46)60-53-31-24-42(25-32-53)40-10-3-1-4-11-40/h1-39,60H. The van der Waals surface area contributed by atoms with Crippen molar-refractivity contribution in [2.45, 2.75) is 0 Å². The monoisotopic (exact) mass is 829 g/mol. The van der Waals surface area contributed by atoms with Gasteiger partial charge in [0.15, 0.2) is 0 Å². The SMILES string of the molecule is Brc1ccc(-c2cc(-c3ccc(-c4cccc(-c5ccc(-c6ccccc6)cc5-c5ccc(Nc6ccc(-c7ccccc7)cc6)cc5)c4)cc3)cc3ccccc23)cc1. The maximum absolute atomic E-state index is 3.60. The van der Waals surface area contributed by atoms with E-state index in [1.165, 1.54) is 88.7 Å². The summed E-state index contributed by atoms with van der Waals surface area (Å²) in [5.74, 6) is 0.